The zero-order valence-electron chi connectivity index (χ0n) is 11.7. The van der Waals surface area contributed by atoms with E-state index in [2.05, 4.69) is 25.6 Å². The van der Waals surface area contributed by atoms with Gasteiger partial charge in [0.1, 0.15) is 19.2 Å². The molecule has 0 aliphatic carbocycles. The van der Waals surface area contributed by atoms with Crippen molar-refractivity contribution in [2.45, 2.75) is 6.54 Å². The molecule has 0 radical (unpaired) electrons. The van der Waals surface area contributed by atoms with E-state index in [0.29, 0.717) is 0 Å². The van der Waals surface area contributed by atoms with E-state index in [9.17, 15) is 4.79 Å². The van der Waals surface area contributed by atoms with Crippen LogP contribution in [0.15, 0.2) is 36.9 Å². The Labute approximate surface area is 123 Å². The SMILES string of the molecule is O=C(Cn1cncn1)Nc1ccc(N2CCNCC2)cc1. The summed E-state index contributed by atoms with van der Waals surface area (Å²) >= 11 is 0. The lowest BCUT2D eigenvalue weighted by Crippen LogP contribution is -2.43. The van der Waals surface area contributed by atoms with Crippen LogP contribution < -0.4 is 15.5 Å². The third kappa shape index (κ3) is 3.57. The highest BCUT2D eigenvalue weighted by Crippen LogP contribution is 2.18. The molecule has 1 aliphatic rings. The minimum absolute atomic E-state index is 0.115. The van der Waals surface area contributed by atoms with E-state index in [-0.39, 0.29) is 12.5 Å². The molecule has 0 unspecified atom stereocenters. The van der Waals surface area contributed by atoms with E-state index < -0.39 is 0 Å². The van der Waals surface area contributed by atoms with Gasteiger partial charge < -0.3 is 15.5 Å². The molecule has 2 aromatic rings. The largest absolute Gasteiger partial charge is 0.369 e. The average Bonchev–Trinajstić information content (AvgIpc) is 3.02. The summed E-state index contributed by atoms with van der Waals surface area (Å²) in [6.07, 6.45) is 2.93. The second-order valence-corrected chi connectivity index (χ2v) is 4.93. The number of hydrogen-bond donors (Lipinski definition) is 2. The minimum atomic E-state index is -0.115. The molecule has 1 fully saturated rings. The van der Waals surface area contributed by atoms with Gasteiger partial charge in [-0.1, -0.05) is 0 Å². The van der Waals surface area contributed by atoms with Crippen LogP contribution >= 0.6 is 0 Å². The Morgan fingerprint density at radius 2 is 2.00 bits per heavy atom. The highest BCUT2D eigenvalue weighted by Gasteiger charge is 2.10. The second kappa shape index (κ2) is 6.36. The molecule has 1 aromatic carbocycles. The molecule has 1 aromatic heterocycles. The van der Waals surface area contributed by atoms with Crippen molar-refractivity contribution in [1.82, 2.24) is 20.1 Å². The minimum Gasteiger partial charge on any atom is -0.369 e. The van der Waals surface area contributed by atoms with Gasteiger partial charge in [0.05, 0.1) is 0 Å². The second-order valence-electron chi connectivity index (χ2n) is 4.93. The maximum Gasteiger partial charge on any atom is 0.246 e. The van der Waals surface area contributed by atoms with E-state index in [1.807, 2.05) is 24.3 Å². The first-order valence-electron chi connectivity index (χ1n) is 6.99. The number of piperazine rings is 1. The average molecular weight is 286 g/mol. The Balaban J connectivity index is 1.57. The molecule has 1 aliphatic heterocycles. The molecule has 3 rings (SSSR count). The molecule has 1 saturated heterocycles. The highest BCUT2D eigenvalue weighted by atomic mass is 16.2. The molecule has 21 heavy (non-hydrogen) atoms. The third-order valence-electron chi connectivity index (χ3n) is 3.41. The summed E-state index contributed by atoms with van der Waals surface area (Å²) in [5.74, 6) is -0.115. The monoisotopic (exact) mass is 286 g/mol. The van der Waals surface area contributed by atoms with Crippen molar-refractivity contribution in [3.8, 4) is 0 Å². The normalized spacial score (nSPS) is 15.0. The van der Waals surface area contributed by atoms with Gasteiger partial charge in [-0.25, -0.2) is 9.67 Å². The summed E-state index contributed by atoms with van der Waals surface area (Å²) in [7, 11) is 0. The third-order valence-corrected chi connectivity index (χ3v) is 3.41. The molecule has 7 nitrogen and oxygen atoms in total. The predicted octanol–water partition coefficient (Wildman–Crippen LogP) is 0.326. The first-order chi connectivity index (χ1) is 10.3. The first-order valence-corrected chi connectivity index (χ1v) is 6.99. The van der Waals surface area contributed by atoms with Gasteiger partial charge in [-0.3, -0.25) is 4.79 Å². The zero-order valence-corrected chi connectivity index (χ0v) is 11.7. The van der Waals surface area contributed by atoms with Crippen LogP contribution in [0.5, 0.6) is 0 Å². The molecule has 0 spiro atoms. The van der Waals surface area contributed by atoms with Gasteiger partial charge in [-0.05, 0) is 24.3 Å². The maximum absolute atomic E-state index is 11.8. The van der Waals surface area contributed by atoms with Crippen molar-refractivity contribution in [3.63, 3.8) is 0 Å². The van der Waals surface area contributed by atoms with Crippen LogP contribution in [0, 0.1) is 0 Å². The lowest BCUT2D eigenvalue weighted by atomic mass is 10.2. The summed E-state index contributed by atoms with van der Waals surface area (Å²) in [6, 6.07) is 7.93. The fraction of sp³-hybridized carbons (Fsp3) is 0.357. The van der Waals surface area contributed by atoms with E-state index in [1.165, 1.54) is 23.0 Å². The van der Waals surface area contributed by atoms with E-state index in [0.717, 1.165) is 31.9 Å². The summed E-state index contributed by atoms with van der Waals surface area (Å²) in [4.78, 5) is 18.0. The summed E-state index contributed by atoms with van der Waals surface area (Å²) < 4.78 is 1.49. The fourth-order valence-corrected chi connectivity index (χ4v) is 2.34. The van der Waals surface area contributed by atoms with Crippen molar-refractivity contribution in [1.29, 1.82) is 0 Å². The fourth-order valence-electron chi connectivity index (χ4n) is 2.34. The van der Waals surface area contributed by atoms with Gasteiger partial charge in [-0.15, -0.1) is 0 Å². The van der Waals surface area contributed by atoms with Crippen LogP contribution in [0.3, 0.4) is 0 Å². The van der Waals surface area contributed by atoms with Crippen LogP contribution in [0.4, 0.5) is 11.4 Å². The Morgan fingerprint density at radius 3 is 2.67 bits per heavy atom. The number of amides is 1. The van der Waals surface area contributed by atoms with Crippen LogP contribution in [-0.2, 0) is 11.3 Å². The van der Waals surface area contributed by atoms with Gasteiger partial charge in [0.25, 0.3) is 0 Å². The van der Waals surface area contributed by atoms with Gasteiger partial charge in [-0.2, -0.15) is 5.10 Å². The lowest BCUT2D eigenvalue weighted by Gasteiger charge is -2.29. The summed E-state index contributed by atoms with van der Waals surface area (Å²) in [5, 5.41) is 10.1. The quantitative estimate of drug-likeness (QED) is 0.847. The van der Waals surface area contributed by atoms with Crippen molar-refractivity contribution < 1.29 is 4.79 Å². The molecule has 110 valence electrons. The summed E-state index contributed by atoms with van der Waals surface area (Å²) in [5.41, 5.74) is 1.98. The van der Waals surface area contributed by atoms with Crippen molar-refractivity contribution in [3.05, 3.63) is 36.9 Å². The Kier molecular flexibility index (Phi) is 4.11. The van der Waals surface area contributed by atoms with Crippen molar-refractivity contribution in [2.75, 3.05) is 36.4 Å². The van der Waals surface area contributed by atoms with Crippen LogP contribution in [0.25, 0.3) is 0 Å². The first kappa shape index (κ1) is 13.6. The number of hydrogen-bond acceptors (Lipinski definition) is 5. The highest BCUT2D eigenvalue weighted by molar-refractivity contribution is 5.90. The number of anilines is 2. The molecule has 0 saturated carbocycles. The smallest absolute Gasteiger partial charge is 0.246 e. The number of nitrogens with one attached hydrogen (secondary N) is 2. The number of aromatic nitrogens is 3. The van der Waals surface area contributed by atoms with Crippen LogP contribution in [0.1, 0.15) is 0 Å². The molecule has 2 N–H and O–H groups in total. The zero-order chi connectivity index (χ0) is 14.5. The van der Waals surface area contributed by atoms with Gasteiger partial charge in [0.15, 0.2) is 0 Å². The van der Waals surface area contributed by atoms with Crippen LogP contribution in [-0.4, -0.2) is 46.9 Å². The molecule has 2 heterocycles. The number of carbonyl (C=O) groups excluding carboxylic acids is 1. The molecule has 7 heteroatoms. The maximum atomic E-state index is 11.8. The van der Waals surface area contributed by atoms with Gasteiger partial charge in [0, 0.05) is 37.6 Å². The number of carbonyl (C=O) groups is 1. The van der Waals surface area contributed by atoms with Crippen molar-refractivity contribution in [2.24, 2.45) is 0 Å². The molecular formula is C14H18N6O. The number of rotatable bonds is 4. The number of benzene rings is 1. The predicted molar refractivity (Wildman–Crippen MR) is 80.2 cm³/mol. The topological polar surface area (TPSA) is 75.1 Å². The Hall–Kier alpha value is -2.41. The van der Waals surface area contributed by atoms with E-state index in [1.54, 1.807) is 0 Å². The lowest BCUT2D eigenvalue weighted by molar-refractivity contribution is -0.116. The van der Waals surface area contributed by atoms with E-state index >= 15 is 0 Å². The summed E-state index contributed by atoms with van der Waals surface area (Å²) in [6.45, 7) is 4.21. The van der Waals surface area contributed by atoms with Crippen molar-refractivity contribution >= 4 is 17.3 Å². The molecule has 1 amide bonds. The molecular weight excluding hydrogens is 268 g/mol. The molecule has 0 atom stereocenters. The van der Waals surface area contributed by atoms with Gasteiger partial charge >= 0.3 is 0 Å². The van der Waals surface area contributed by atoms with E-state index in [4.69, 9.17) is 0 Å². The Bertz CT molecular complexity index is 574. The standard InChI is InChI=1S/C14H18N6O/c21-14(9-20-11-16-10-17-20)18-12-1-3-13(4-2-12)19-7-5-15-6-8-19/h1-4,10-11,15H,5-9H2,(H,18,21). The van der Waals surface area contributed by atoms with Crippen LogP contribution in [0.2, 0.25) is 0 Å². The van der Waals surface area contributed by atoms with Gasteiger partial charge in [0.2, 0.25) is 5.91 Å². The Morgan fingerprint density at radius 1 is 1.24 bits per heavy atom. The molecule has 0 bridgehead atoms. The number of nitrogens with zero attached hydrogens (tertiary/aromatic N) is 4.